The number of nitrogens with one attached hydrogen (secondary N) is 1. The fourth-order valence-electron chi connectivity index (χ4n) is 4.89. The van der Waals surface area contributed by atoms with Gasteiger partial charge in [-0.1, -0.05) is 32.0 Å². The summed E-state index contributed by atoms with van der Waals surface area (Å²) >= 11 is 7.48. The van der Waals surface area contributed by atoms with Crippen molar-refractivity contribution in [3.63, 3.8) is 0 Å². The summed E-state index contributed by atoms with van der Waals surface area (Å²) < 4.78 is 0. The van der Waals surface area contributed by atoms with Crippen molar-refractivity contribution in [2.75, 3.05) is 31.5 Å². The molecule has 4 nitrogen and oxygen atoms in total. The highest BCUT2D eigenvalue weighted by Gasteiger charge is 2.41. The Morgan fingerprint density at radius 2 is 1.88 bits per heavy atom. The number of hydrogen-bond acceptors (Lipinski definition) is 3. The van der Waals surface area contributed by atoms with Gasteiger partial charge in [-0.15, -0.1) is 0 Å². The van der Waals surface area contributed by atoms with E-state index in [9.17, 15) is 4.79 Å². The number of thiophene rings is 1. The van der Waals surface area contributed by atoms with E-state index in [0.717, 1.165) is 61.8 Å². The standard InChI is InChI=1S/C26H33N3OS2/c1-19(2)22-6-4-5-20(3)24(22)27-25(31)29-15-12-26(18-29)10-13-28(14-11-26)23(30)8-7-21-9-16-32-17-21/h4-9,16-17,19H,10-15,18H2,1-3H3,(H,27,31). The van der Waals surface area contributed by atoms with Crippen LogP contribution in [0.5, 0.6) is 0 Å². The van der Waals surface area contributed by atoms with E-state index >= 15 is 0 Å². The van der Waals surface area contributed by atoms with Crippen LogP contribution in [-0.4, -0.2) is 47.0 Å². The number of likely N-dealkylation sites (tertiary alicyclic amines) is 2. The zero-order chi connectivity index (χ0) is 22.7. The van der Waals surface area contributed by atoms with E-state index in [-0.39, 0.29) is 11.3 Å². The summed E-state index contributed by atoms with van der Waals surface area (Å²) in [5.41, 5.74) is 5.06. The van der Waals surface area contributed by atoms with Gasteiger partial charge in [0.2, 0.25) is 5.91 Å². The number of thiocarbonyl (C=S) groups is 1. The SMILES string of the molecule is Cc1cccc(C(C)C)c1NC(=S)N1CCC2(CCN(C(=O)C=Cc3ccsc3)CC2)C1. The molecule has 1 amide bonds. The summed E-state index contributed by atoms with van der Waals surface area (Å²) in [6, 6.07) is 8.48. The van der Waals surface area contributed by atoms with Gasteiger partial charge in [0.05, 0.1) is 0 Å². The Bertz CT molecular complexity index is 989. The zero-order valence-electron chi connectivity index (χ0n) is 19.3. The van der Waals surface area contributed by atoms with Crippen molar-refractivity contribution in [1.82, 2.24) is 9.80 Å². The Balaban J connectivity index is 1.33. The smallest absolute Gasteiger partial charge is 0.246 e. The number of rotatable bonds is 4. The number of hydrogen-bond donors (Lipinski definition) is 1. The van der Waals surface area contributed by atoms with Gasteiger partial charge < -0.3 is 15.1 Å². The molecule has 3 heterocycles. The van der Waals surface area contributed by atoms with E-state index in [1.54, 1.807) is 17.4 Å². The fraction of sp³-hybridized carbons (Fsp3) is 0.462. The Hall–Kier alpha value is -2.18. The van der Waals surface area contributed by atoms with E-state index in [0.29, 0.717) is 5.92 Å². The molecule has 0 bridgehead atoms. The summed E-state index contributed by atoms with van der Waals surface area (Å²) in [6.07, 6.45) is 6.88. The van der Waals surface area contributed by atoms with Crippen LogP contribution < -0.4 is 5.32 Å². The molecular formula is C26H33N3OS2. The van der Waals surface area contributed by atoms with Crippen LogP contribution >= 0.6 is 23.6 Å². The van der Waals surface area contributed by atoms with Gasteiger partial charge in [0.1, 0.15) is 0 Å². The molecule has 4 rings (SSSR count). The Morgan fingerprint density at radius 3 is 2.53 bits per heavy atom. The largest absolute Gasteiger partial charge is 0.348 e. The Labute approximate surface area is 201 Å². The molecule has 2 aromatic rings. The lowest BCUT2D eigenvalue weighted by molar-refractivity contribution is -0.128. The van der Waals surface area contributed by atoms with Crippen LogP contribution in [-0.2, 0) is 4.79 Å². The maximum absolute atomic E-state index is 12.6. The van der Waals surface area contributed by atoms with Gasteiger partial charge in [0.25, 0.3) is 0 Å². The molecule has 2 fully saturated rings. The zero-order valence-corrected chi connectivity index (χ0v) is 20.9. The van der Waals surface area contributed by atoms with Crippen molar-refractivity contribution in [2.45, 2.75) is 46.0 Å². The molecule has 1 aromatic carbocycles. The summed E-state index contributed by atoms with van der Waals surface area (Å²) in [7, 11) is 0. The van der Waals surface area contributed by atoms with Gasteiger partial charge in [0, 0.05) is 37.9 Å². The van der Waals surface area contributed by atoms with Crippen molar-refractivity contribution < 1.29 is 4.79 Å². The molecule has 6 heteroatoms. The topological polar surface area (TPSA) is 35.6 Å². The van der Waals surface area contributed by atoms with Crippen LogP contribution in [0.15, 0.2) is 41.1 Å². The van der Waals surface area contributed by atoms with Gasteiger partial charge in [-0.3, -0.25) is 4.79 Å². The number of piperidine rings is 1. The van der Waals surface area contributed by atoms with Gasteiger partial charge in [-0.2, -0.15) is 11.3 Å². The van der Waals surface area contributed by atoms with E-state index in [1.165, 1.54) is 11.1 Å². The number of para-hydroxylation sites is 1. The van der Waals surface area contributed by atoms with Crippen LogP contribution in [0.3, 0.4) is 0 Å². The Morgan fingerprint density at radius 1 is 1.16 bits per heavy atom. The molecular weight excluding hydrogens is 434 g/mol. The summed E-state index contributed by atoms with van der Waals surface area (Å²) in [6.45, 7) is 10.2. The van der Waals surface area contributed by atoms with E-state index in [4.69, 9.17) is 12.2 Å². The minimum atomic E-state index is 0.124. The van der Waals surface area contributed by atoms with Crippen molar-refractivity contribution in [3.05, 3.63) is 57.8 Å². The molecule has 0 unspecified atom stereocenters. The third-order valence-electron chi connectivity index (χ3n) is 6.98. The van der Waals surface area contributed by atoms with Gasteiger partial charge in [0.15, 0.2) is 5.11 Å². The average molecular weight is 468 g/mol. The van der Waals surface area contributed by atoms with Gasteiger partial charge in [-0.05, 0) is 89.3 Å². The van der Waals surface area contributed by atoms with Crippen LogP contribution in [0.2, 0.25) is 0 Å². The van der Waals surface area contributed by atoms with E-state index in [1.807, 2.05) is 22.4 Å². The average Bonchev–Trinajstić information content (AvgIpc) is 3.44. The first-order chi connectivity index (χ1) is 15.4. The predicted molar refractivity (Wildman–Crippen MR) is 139 cm³/mol. The van der Waals surface area contributed by atoms with Crippen LogP contribution in [0.1, 0.15) is 55.7 Å². The van der Waals surface area contributed by atoms with Crippen molar-refractivity contribution in [2.24, 2.45) is 5.41 Å². The predicted octanol–water partition coefficient (Wildman–Crippen LogP) is 5.90. The van der Waals surface area contributed by atoms with Gasteiger partial charge >= 0.3 is 0 Å². The molecule has 2 aliphatic heterocycles. The number of anilines is 1. The molecule has 0 atom stereocenters. The normalized spacial score (nSPS) is 18.1. The maximum atomic E-state index is 12.6. The highest BCUT2D eigenvalue weighted by Crippen LogP contribution is 2.41. The summed E-state index contributed by atoms with van der Waals surface area (Å²) in [4.78, 5) is 16.9. The second kappa shape index (κ2) is 9.75. The minimum Gasteiger partial charge on any atom is -0.348 e. The molecule has 2 saturated heterocycles. The number of amides is 1. The first-order valence-electron chi connectivity index (χ1n) is 11.5. The van der Waals surface area contributed by atoms with E-state index in [2.05, 4.69) is 54.6 Å². The second-order valence-electron chi connectivity index (χ2n) is 9.51. The lowest BCUT2D eigenvalue weighted by atomic mass is 9.78. The summed E-state index contributed by atoms with van der Waals surface area (Å²) in [5, 5.41) is 8.48. The number of carbonyl (C=O) groups excluding carboxylic acids is 1. The second-order valence-corrected chi connectivity index (χ2v) is 10.7. The molecule has 1 N–H and O–H groups in total. The highest BCUT2D eigenvalue weighted by molar-refractivity contribution is 7.80. The van der Waals surface area contributed by atoms with Crippen LogP contribution in [0, 0.1) is 12.3 Å². The van der Waals surface area contributed by atoms with Crippen molar-refractivity contribution >= 4 is 46.3 Å². The number of carbonyl (C=O) groups is 1. The monoisotopic (exact) mass is 467 g/mol. The molecule has 2 aliphatic rings. The third-order valence-corrected chi connectivity index (χ3v) is 8.04. The molecule has 0 aliphatic carbocycles. The van der Waals surface area contributed by atoms with Gasteiger partial charge in [-0.25, -0.2) is 0 Å². The van der Waals surface area contributed by atoms with Crippen LogP contribution in [0.4, 0.5) is 5.69 Å². The molecule has 170 valence electrons. The minimum absolute atomic E-state index is 0.124. The van der Waals surface area contributed by atoms with Crippen LogP contribution in [0.25, 0.3) is 6.08 Å². The summed E-state index contributed by atoms with van der Waals surface area (Å²) in [5.74, 6) is 0.569. The quantitative estimate of drug-likeness (QED) is 0.448. The lowest BCUT2D eigenvalue weighted by Crippen LogP contribution is -2.44. The third kappa shape index (κ3) is 5.07. The maximum Gasteiger partial charge on any atom is 0.246 e. The molecule has 1 spiro atoms. The van der Waals surface area contributed by atoms with Crippen molar-refractivity contribution in [3.8, 4) is 0 Å². The lowest BCUT2D eigenvalue weighted by Gasteiger charge is -2.39. The molecule has 32 heavy (non-hydrogen) atoms. The van der Waals surface area contributed by atoms with E-state index < -0.39 is 0 Å². The molecule has 1 aromatic heterocycles. The van der Waals surface area contributed by atoms with Crippen molar-refractivity contribution in [1.29, 1.82) is 0 Å². The molecule has 0 saturated carbocycles. The Kier molecular flexibility index (Phi) is 7.01. The number of aryl methyl sites for hydroxylation is 1. The number of benzene rings is 1. The fourth-order valence-corrected chi connectivity index (χ4v) is 5.78. The molecule has 0 radical (unpaired) electrons. The first-order valence-corrected chi connectivity index (χ1v) is 12.9. The highest BCUT2D eigenvalue weighted by atomic mass is 32.1. The number of nitrogens with zero attached hydrogens (tertiary/aromatic N) is 2. The first kappa shape index (κ1) is 23.0.